The van der Waals surface area contributed by atoms with Crippen LogP contribution in [-0.2, 0) is 6.42 Å². The van der Waals surface area contributed by atoms with E-state index in [1.54, 1.807) is 0 Å². The Morgan fingerprint density at radius 1 is 1.32 bits per heavy atom. The van der Waals surface area contributed by atoms with E-state index in [1.165, 1.54) is 15.3 Å². The summed E-state index contributed by atoms with van der Waals surface area (Å²) < 4.78 is 0. The van der Waals surface area contributed by atoms with Gasteiger partial charge in [-0.25, -0.2) is 0 Å². The molecule has 0 bridgehead atoms. The summed E-state index contributed by atoms with van der Waals surface area (Å²) in [6.45, 7) is 5.52. The number of thiophene rings is 2. The molecule has 3 heterocycles. The molecule has 0 aliphatic carbocycles. The summed E-state index contributed by atoms with van der Waals surface area (Å²) in [5.74, 6) is 0. The van der Waals surface area contributed by atoms with Gasteiger partial charge in [-0.05, 0) is 48.7 Å². The smallest absolute Gasteiger partial charge is 0.0718 e. The van der Waals surface area contributed by atoms with Crippen LogP contribution in [0.4, 0.5) is 0 Å². The number of hydrogen-bond donors (Lipinski definition) is 1. The molecule has 0 saturated heterocycles. The molecule has 4 heteroatoms. The number of nitrogens with zero attached hydrogens (tertiary/aromatic N) is 1. The number of fused-ring (bicyclic) bond motifs is 1. The van der Waals surface area contributed by atoms with Crippen molar-refractivity contribution in [3.63, 3.8) is 0 Å². The van der Waals surface area contributed by atoms with Gasteiger partial charge in [-0.3, -0.25) is 4.90 Å². The Hall–Kier alpha value is -0.680. The zero-order chi connectivity index (χ0) is 13.5. The fourth-order valence-electron chi connectivity index (χ4n) is 2.82. The van der Waals surface area contributed by atoms with Crippen molar-refractivity contribution in [3.05, 3.63) is 44.3 Å². The molecule has 1 aliphatic rings. The molecule has 0 spiro atoms. The molecule has 0 radical (unpaired) electrons. The van der Waals surface area contributed by atoms with Crippen LogP contribution < -0.4 is 0 Å². The lowest BCUT2D eigenvalue weighted by atomic mass is 9.96. The Morgan fingerprint density at radius 3 is 2.84 bits per heavy atom. The first-order valence-electron chi connectivity index (χ1n) is 6.61. The highest BCUT2D eigenvalue weighted by Crippen LogP contribution is 2.39. The molecule has 0 saturated carbocycles. The highest BCUT2D eigenvalue weighted by atomic mass is 32.1. The second-order valence-electron chi connectivity index (χ2n) is 5.75. The van der Waals surface area contributed by atoms with Crippen molar-refractivity contribution in [1.29, 1.82) is 0 Å². The SMILES string of the molecule is CC(C)(O)CN1CCc2sccc2C1c1cccs1. The summed E-state index contributed by atoms with van der Waals surface area (Å²) in [6, 6.07) is 6.89. The molecule has 1 aliphatic heterocycles. The summed E-state index contributed by atoms with van der Waals surface area (Å²) in [4.78, 5) is 5.30. The van der Waals surface area contributed by atoms with Gasteiger partial charge >= 0.3 is 0 Å². The van der Waals surface area contributed by atoms with Gasteiger partial charge in [0.05, 0.1) is 11.6 Å². The summed E-state index contributed by atoms with van der Waals surface area (Å²) in [5, 5.41) is 14.5. The van der Waals surface area contributed by atoms with Gasteiger partial charge in [0.1, 0.15) is 0 Å². The number of hydrogen-bond acceptors (Lipinski definition) is 4. The van der Waals surface area contributed by atoms with Crippen LogP contribution in [0.1, 0.15) is 35.2 Å². The van der Waals surface area contributed by atoms with Crippen molar-refractivity contribution in [2.24, 2.45) is 0 Å². The van der Waals surface area contributed by atoms with E-state index in [0.717, 1.165) is 13.0 Å². The predicted octanol–water partition coefficient (Wildman–Crippen LogP) is 3.53. The lowest BCUT2D eigenvalue weighted by molar-refractivity contribution is 0.0245. The third-order valence-electron chi connectivity index (χ3n) is 3.47. The van der Waals surface area contributed by atoms with Crippen LogP contribution in [-0.4, -0.2) is 28.7 Å². The Kier molecular flexibility index (Phi) is 3.52. The topological polar surface area (TPSA) is 23.5 Å². The summed E-state index contributed by atoms with van der Waals surface area (Å²) >= 11 is 3.67. The van der Waals surface area contributed by atoms with Crippen molar-refractivity contribution in [1.82, 2.24) is 4.90 Å². The summed E-state index contributed by atoms with van der Waals surface area (Å²) in [6.07, 6.45) is 1.10. The van der Waals surface area contributed by atoms with Crippen LogP contribution in [0.2, 0.25) is 0 Å². The van der Waals surface area contributed by atoms with Gasteiger partial charge in [0.2, 0.25) is 0 Å². The van der Waals surface area contributed by atoms with Gasteiger partial charge in [0, 0.05) is 22.8 Å². The van der Waals surface area contributed by atoms with Gasteiger partial charge in [-0.2, -0.15) is 0 Å². The Bertz CT molecular complexity index is 539. The van der Waals surface area contributed by atoms with Crippen molar-refractivity contribution in [3.8, 4) is 0 Å². The predicted molar refractivity (Wildman–Crippen MR) is 82.1 cm³/mol. The third-order valence-corrected chi connectivity index (χ3v) is 5.39. The molecule has 19 heavy (non-hydrogen) atoms. The first kappa shape index (κ1) is 13.3. The van der Waals surface area contributed by atoms with E-state index in [9.17, 15) is 5.11 Å². The van der Waals surface area contributed by atoms with Crippen molar-refractivity contribution >= 4 is 22.7 Å². The lowest BCUT2D eigenvalue weighted by Gasteiger charge is -2.38. The Labute approximate surface area is 122 Å². The van der Waals surface area contributed by atoms with E-state index in [4.69, 9.17) is 0 Å². The van der Waals surface area contributed by atoms with Gasteiger partial charge in [0.25, 0.3) is 0 Å². The van der Waals surface area contributed by atoms with Crippen molar-refractivity contribution in [2.45, 2.75) is 31.9 Å². The second-order valence-corrected chi connectivity index (χ2v) is 7.73. The highest BCUT2D eigenvalue weighted by molar-refractivity contribution is 7.10. The monoisotopic (exact) mass is 293 g/mol. The highest BCUT2D eigenvalue weighted by Gasteiger charge is 2.32. The molecule has 102 valence electrons. The van der Waals surface area contributed by atoms with Crippen molar-refractivity contribution < 1.29 is 5.11 Å². The first-order valence-corrected chi connectivity index (χ1v) is 8.37. The minimum absolute atomic E-state index is 0.321. The molecule has 0 aromatic carbocycles. The molecular formula is C15H19NOS2. The van der Waals surface area contributed by atoms with E-state index in [0.29, 0.717) is 12.6 Å². The van der Waals surface area contributed by atoms with Crippen LogP contribution in [0, 0.1) is 0 Å². The molecule has 1 atom stereocenters. The largest absolute Gasteiger partial charge is 0.389 e. The molecule has 1 unspecified atom stereocenters. The molecule has 2 aromatic heterocycles. The molecule has 2 nitrogen and oxygen atoms in total. The maximum absolute atomic E-state index is 10.1. The quantitative estimate of drug-likeness (QED) is 0.936. The van der Waals surface area contributed by atoms with Gasteiger partial charge in [-0.1, -0.05) is 6.07 Å². The van der Waals surface area contributed by atoms with Crippen LogP contribution in [0.25, 0.3) is 0 Å². The van der Waals surface area contributed by atoms with E-state index in [1.807, 2.05) is 36.5 Å². The van der Waals surface area contributed by atoms with E-state index in [2.05, 4.69) is 33.9 Å². The molecular weight excluding hydrogens is 274 g/mol. The Balaban J connectivity index is 1.97. The zero-order valence-corrected chi connectivity index (χ0v) is 12.9. The third kappa shape index (κ3) is 2.77. The molecule has 2 aromatic rings. The van der Waals surface area contributed by atoms with Gasteiger partial charge in [-0.15, -0.1) is 22.7 Å². The average Bonchev–Trinajstić information content (AvgIpc) is 2.96. The minimum Gasteiger partial charge on any atom is -0.389 e. The van der Waals surface area contributed by atoms with Gasteiger partial charge < -0.3 is 5.11 Å². The van der Waals surface area contributed by atoms with Crippen LogP contribution in [0.15, 0.2) is 29.0 Å². The van der Waals surface area contributed by atoms with E-state index < -0.39 is 5.60 Å². The first-order chi connectivity index (χ1) is 9.04. The van der Waals surface area contributed by atoms with Crippen LogP contribution in [0.3, 0.4) is 0 Å². The fraction of sp³-hybridized carbons (Fsp3) is 0.467. The molecule has 3 rings (SSSR count). The zero-order valence-electron chi connectivity index (χ0n) is 11.3. The van der Waals surface area contributed by atoms with Crippen molar-refractivity contribution in [2.75, 3.05) is 13.1 Å². The standard InChI is InChI=1S/C15H19NOS2/c1-15(2,17)10-16-7-5-12-11(6-9-19-12)14(16)13-4-3-8-18-13/h3-4,6,8-9,14,17H,5,7,10H2,1-2H3. The van der Waals surface area contributed by atoms with E-state index in [-0.39, 0.29) is 0 Å². The number of β-amino-alcohol motifs (C(OH)–C–C–N with tert-alkyl or cyclic N) is 1. The fourth-order valence-corrected chi connectivity index (χ4v) is 4.60. The average molecular weight is 293 g/mol. The molecule has 1 N–H and O–H groups in total. The number of aliphatic hydroxyl groups is 1. The molecule has 0 fully saturated rings. The van der Waals surface area contributed by atoms with E-state index >= 15 is 0 Å². The van der Waals surface area contributed by atoms with Gasteiger partial charge in [0.15, 0.2) is 0 Å². The minimum atomic E-state index is -0.650. The second kappa shape index (κ2) is 5.02. The number of rotatable bonds is 3. The summed E-state index contributed by atoms with van der Waals surface area (Å²) in [7, 11) is 0. The normalized spacial score (nSPS) is 20.5. The lowest BCUT2D eigenvalue weighted by Crippen LogP contribution is -2.43. The summed E-state index contributed by atoms with van der Waals surface area (Å²) in [5.41, 5.74) is 0.784. The molecule has 0 amide bonds. The van der Waals surface area contributed by atoms with Crippen LogP contribution in [0.5, 0.6) is 0 Å². The maximum atomic E-state index is 10.1. The Morgan fingerprint density at radius 2 is 2.16 bits per heavy atom. The maximum Gasteiger partial charge on any atom is 0.0718 e. The van der Waals surface area contributed by atoms with Crippen LogP contribution >= 0.6 is 22.7 Å².